The Morgan fingerprint density at radius 2 is 1.79 bits per heavy atom. The van der Waals surface area contributed by atoms with E-state index in [9.17, 15) is 9.90 Å². The fourth-order valence-electron chi connectivity index (χ4n) is 2.57. The van der Waals surface area contributed by atoms with Gasteiger partial charge in [0, 0.05) is 12.3 Å². The molecule has 6 nitrogen and oxygen atoms in total. The Morgan fingerprint density at radius 3 is 2.54 bits per heavy atom. The van der Waals surface area contributed by atoms with Gasteiger partial charge in [0.05, 0.1) is 13.4 Å². The van der Waals surface area contributed by atoms with Crippen LogP contribution in [0.15, 0.2) is 79.2 Å². The van der Waals surface area contributed by atoms with Crippen LogP contribution in [0.3, 0.4) is 0 Å². The Balaban J connectivity index is 1.75. The van der Waals surface area contributed by atoms with Crippen molar-refractivity contribution < 1.29 is 24.1 Å². The minimum absolute atomic E-state index is 0.0517. The zero-order valence-electron chi connectivity index (χ0n) is 15.2. The number of hydrogen-bond donors (Lipinski definition) is 1. The molecular formula is C22H19NO5. The lowest BCUT2D eigenvalue weighted by molar-refractivity contribution is -0.130. The number of rotatable bonds is 8. The summed E-state index contributed by atoms with van der Waals surface area (Å²) in [5.41, 5.74) is 1.27. The average molecular weight is 377 g/mol. The van der Waals surface area contributed by atoms with Crippen molar-refractivity contribution in [3.05, 3.63) is 90.3 Å². The second-order valence-electron chi connectivity index (χ2n) is 5.76. The molecule has 0 bridgehead atoms. The van der Waals surface area contributed by atoms with Crippen molar-refractivity contribution in [2.45, 2.75) is 6.61 Å². The number of benzene rings is 2. The smallest absolute Gasteiger partial charge is 0.339 e. The number of ether oxygens (including phenoxy) is 3. The highest BCUT2D eigenvalue weighted by molar-refractivity contribution is 6.15. The van der Waals surface area contributed by atoms with Crippen LogP contribution in [-0.4, -0.2) is 23.2 Å². The van der Waals surface area contributed by atoms with Gasteiger partial charge in [0.2, 0.25) is 5.88 Å². The molecule has 0 radical (unpaired) electrons. The summed E-state index contributed by atoms with van der Waals surface area (Å²) in [6, 6.07) is 19.9. The Hall–Kier alpha value is -3.80. The van der Waals surface area contributed by atoms with Crippen LogP contribution in [0.5, 0.6) is 17.4 Å². The highest BCUT2D eigenvalue weighted by Crippen LogP contribution is 2.25. The molecule has 6 heteroatoms. The minimum Gasteiger partial charge on any atom is -0.503 e. The van der Waals surface area contributed by atoms with Crippen LogP contribution in [0, 0.1) is 0 Å². The Bertz CT molecular complexity index is 969. The molecule has 0 fully saturated rings. The fraction of sp³-hybridized carbons (Fsp3) is 0.0909. The number of aliphatic carboxylic acids is 1. The second kappa shape index (κ2) is 9.23. The van der Waals surface area contributed by atoms with Gasteiger partial charge in [-0.25, -0.2) is 9.78 Å². The third-order valence-corrected chi connectivity index (χ3v) is 3.83. The number of para-hydroxylation sites is 1. The average Bonchev–Trinajstić information content (AvgIpc) is 2.72. The first-order chi connectivity index (χ1) is 13.7. The number of carboxylic acids is 1. The molecule has 3 rings (SSSR count). The van der Waals surface area contributed by atoms with Crippen molar-refractivity contribution in [2.24, 2.45) is 0 Å². The number of hydrogen-bond acceptors (Lipinski definition) is 5. The SMILES string of the molecule is CO/C=C(/C(=O)O)c1ccccc1COc1cc(Oc2ccccc2)ccn1. The summed E-state index contributed by atoms with van der Waals surface area (Å²) < 4.78 is 16.4. The summed E-state index contributed by atoms with van der Waals surface area (Å²) >= 11 is 0. The van der Waals surface area contributed by atoms with E-state index in [2.05, 4.69) is 4.98 Å². The zero-order chi connectivity index (χ0) is 19.8. The van der Waals surface area contributed by atoms with Crippen LogP contribution < -0.4 is 9.47 Å². The maximum absolute atomic E-state index is 11.5. The van der Waals surface area contributed by atoms with Crippen LogP contribution in [0.2, 0.25) is 0 Å². The second-order valence-corrected chi connectivity index (χ2v) is 5.76. The largest absolute Gasteiger partial charge is 0.503 e. The Labute approximate surface area is 162 Å². The summed E-state index contributed by atoms with van der Waals surface area (Å²) in [6.45, 7) is 0.145. The number of nitrogens with zero attached hydrogens (tertiary/aromatic N) is 1. The first kappa shape index (κ1) is 19.0. The molecule has 1 aromatic heterocycles. The van der Waals surface area contributed by atoms with Crippen molar-refractivity contribution in [3.63, 3.8) is 0 Å². The quantitative estimate of drug-likeness (QED) is 0.459. The summed E-state index contributed by atoms with van der Waals surface area (Å²) in [5.74, 6) is 0.595. The third-order valence-electron chi connectivity index (χ3n) is 3.83. The Kier molecular flexibility index (Phi) is 6.25. The van der Waals surface area contributed by atoms with Gasteiger partial charge in [-0.2, -0.15) is 0 Å². The monoisotopic (exact) mass is 377 g/mol. The van der Waals surface area contributed by atoms with Crippen molar-refractivity contribution in [2.75, 3.05) is 7.11 Å². The predicted octanol–water partition coefficient (Wildman–Crippen LogP) is 4.52. The van der Waals surface area contributed by atoms with Gasteiger partial charge in [-0.3, -0.25) is 0 Å². The normalized spacial score (nSPS) is 11.0. The maximum Gasteiger partial charge on any atom is 0.339 e. The molecule has 0 saturated carbocycles. The summed E-state index contributed by atoms with van der Waals surface area (Å²) in [5, 5.41) is 9.43. The van der Waals surface area contributed by atoms with Gasteiger partial charge in [-0.05, 0) is 29.3 Å². The molecule has 2 aromatic carbocycles. The van der Waals surface area contributed by atoms with E-state index in [0.29, 0.717) is 28.5 Å². The molecular weight excluding hydrogens is 358 g/mol. The lowest BCUT2D eigenvalue weighted by Gasteiger charge is -2.12. The van der Waals surface area contributed by atoms with E-state index in [1.165, 1.54) is 13.4 Å². The van der Waals surface area contributed by atoms with E-state index in [4.69, 9.17) is 14.2 Å². The van der Waals surface area contributed by atoms with Gasteiger partial charge < -0.3 is 19.3 Å². The molecule has 142 valence electrons. The molecule has 28 heavy (non-hydrogen) atoms. The van der Waals surface area contributed by atoms with E-state index in [1.54, 1.807) is 36.5 Å². The Morgan fingerprint density at radius 1 is 1.04 bits per heavy atom. The van der Waals surface area contributed by atoms with Crippen LogP contribution in [0.1, 0.15) is 11.1 Å². The van der Waals surface area contributed by atoms with E-state index >= 15 is 0 Å². The van der Waals surface area contributed by atoms with Gasteiger partial charge in [-0.1, -0.05) is 42.5 Å². The standard InChI is InChI=1S/C22H19NO5/c1-26-15-20(22(24)25)19-10-6-5-7-16(19)14-27-21-13-18(11-12-23-21)28-17-8-3-2-4-9-17/h2-13,15H,14H2,1H3,(H,24,25)/b20-15+. The van der Waals surface area contributed by atoms with Gasteiger partial charge in [0.25, 0.3) is 0 Å². The first-order valence-corrected chi connectivity index (χ1v) is 8.53. The molecule has 0 saturated heterocycles. The predicted molar refractivity (Wildman–Crippen MR) is 104 cm³/mol. The number of aromatic nitrogens is 1. The van der Waals surface area contributed by atoms with Crippen molar-refractivity contribution >= 4 is 11.5 Å². The molecule has 0 amide bonds. The number of carboxylic acid groups (broad SMARTS) is 1. The van der Waals surface area contributed by atoms with E-state index in [1.807, 2.05) is 36.4 Å². The van der Waals surface area contributed by atoms with Gasteiger partial charge >= 0.3 is 5.97 Å². The molecule has 1 heterocycles. The van der Waals surface area contributed by atoms with E-state index < -0.39 is 5.97 Å². The topological polar surface area (TPSA) is 77.9 Å². The molecule has 0 aliphatic heterocycles. The maximum atomic E-state index is 11.5. The molecule has 0 unspecified atom stereocenters. The fourth-order valence-corrected chi connectivity index (χ4v) is 2.57. The third kappa shape index (κ3) is 4.88. The molecule has 1 N–H and O–H groups in total. The van der Waals surface area contributed by atoms with Gasteiger partial charge in [0.1, 0.15) is 23.7 Å². The van der Waals surface area contributed by atoms with Crippen LogP contribution in [0.4, 0.5) is 0 Å². The zero-order valence-corrected chi connectivity index (χ0v) is 15.2. The van der Waals surface area contributed by atoms with E-state index in [0.717, 1.165) is 0 Å². The van der Waals surface area contributed by atoms with Gasteiger partial charge in [0.15, 0.2) is 0 Å². The van der Waals surface area contributed by atoms with Crippen LogP contribution in [-0.2, 0) is 16.1 Å². The summed E-state index contributed by atoms with van der Waals surface area (Å²) in [4.78, 5) is 15.7. The first-order valence-electron chi connectivity index (χ1n) is 8.53. The van der Waals surface area contributed by atoms with Crippen molar-refractivity contribution in [3.8, 4) is 17.4 Å². The van der Waals surface area contributed by atoms with Crippen LogP contribution in [0.25, 0.3) is 5.57 Å². The van der Waals surface area contributed by atoms with Crippen molar-refractivity contribution in [1.29, 1.82) is 0 Å². The minimum atomic E-state index is -1.08. The summed E-state index contributed by atoms with van der Waals surface area (Å²) in [7, 11) is 1.41. The highest BCUT2D eigenvalue weighted by Gasteiger charge is 2.15. The molecule has 0 aliphatic carbocycles. The number of carbonyl (C=O) groups is 1. The lowest BCUT2D eigenvalue weighted by atomic mass is 10.0. The molecule has 0 spiro atoms. The lowest BCUT2D eigenvalue weighted by Crippen LogP contribution is -2.06. The van der Waals surface area contributed by atoms with Gasteiger partial charge in [-0.15, -0.1) is 0 Å². The van der Waals surface area contributed by atoms with Crippen LogP contribution >= 0.6 is 0 Å². The number of pyridine rings is 1. The molecule has 0 aliphatic rings. The molecule has 3 aromatic rings. The summed E-state index contributed by atoms with van der Waals surface area (Å²) in [6.07, 6.45) is 2.79. The van der Waals surface area contributed by atoms with Crippen molar-refractivity contribution in [1.82, 2.24) is 4.98 Å². The molecule has 0 atom stereocenters. The van der Waals surface area contributed by atoms with E-state index in [-0.39, 0.29) is 12.2 Å². The number of methoxy groups -OCH3 is 1. The highest BCUT2D eigenvalue weighted by atomic mass is 16.5.